The Hall–Kier alpha value is 0.299. The first-order valence-electron chi connectivity index (χ1n) is 3.44. The summed E-state index contributed by atoms with van der Waals surface area (Å²) in [5, 5.41) is 0. The number of hydrogen-bond donors (Lipinski definition) is 0. The number of rotatable bonds is 1. The average molecular weight is 255 g/mol. The fraction of sp³-hybridized carbons (Fsp3) is 0.250. The third kappa shape index (κ3) is 3.50. The molecule has 0 bridgehead atoms. The molecular weight excluding hydrogens is 246 g/mol. The molecular formula is C8H9NaO3Se. The second kappa shape index (κ2) is 4.69. The minimum absolute atomic E-state index is 0. The molecule has 0 radical (unpaired) electrons. The van der Waals surface area contributed by atoms with Gasteiger partial charge in [-0.15, -0.1) is 0 Å². The second-order valence-electron chi connectivity index (χ2n) is 2.70. The van der Waals surface area contributed by atoms with E-state index in [1.807, 2.05) is 6.92 Å². The molecule has 0 fully saturated rings. The van der Waals surface area contributed by atoms with Gasteiger partial charge in [0.25, 0.3) is 0 Å². The first-order chi connectivity index (χ1) is 5.41. The van der Waals surface area contributed by atoms with Crippen molar-refractivity contribution in [2.75, 3.05) is 0 Å². The number of aryl methyl sites for hydroxylation is 2. The van der Waals surface area contributed by atoms with Gasteiger partial charge in [0.05, 0.1) is 0 Å². The van der Waals surface area contributed by atoms with Gasteiger partial charge in [-0.2, -0.15) is 0 Å². The first-order valence-corrected chi connectivity index (χ1v) is 6.40. The van der Waals surface area contributed by atoms with Crippen LogP contribution < -0.4 is 38.2 Å². The van der Waals surface area contributed by atoms with Crippen LogP contribution in [0.1, 0.15) is 11.1 Å². The Balaban J connectivity index is 0.00000144. The van der Waals surface area contributed by atoms with Crippen LogP contribution in [0.2, 0.25) is 0 Å². The minimum atomic E-state index is -5.01. The molecule has 5 heteroatoms. The van der Waals surface area contributed by atoms with Crippen LogP contribution in [0.15, 0.2) is 18.2 Å². The van der Waals surface area contributed by atoms with Gasteiger partial charge in [0.2, 0.25) is 0 Å². The van der Waals surface area contributed by atoms with E-state index in [0.29, 0.717) is 0 Å². The first kappa shape index (κ1) is 13.3. The van der Waals surface area contributed by atoms with Crippen LogP contribution in [-0.2, 0) is 7.67 Å². The Kier molecular flexibility index (Phi) is 4.80. The van der Waals surface area contributed by atoms with Crippen LogP contribution in [0.4, 0.5) is 0 Å². The van der Waals surface area contributed by atoms with E-state index < -0.39 is 13.0 Å². The zero-order valence-corrected chi connectivity index (χ0v) is 11.6. The summed E-state index contributed by atoms with van der Waals surface area (Å²) >= 11 is -5.01. The molecule has 0 saturated carbocycles. The van der Waals surface area contributed by atoms with E-state index in [1.165, 1.54) is 12.1 Å². The fourth-order valence-corrected chi connectivity index (χ4v) is 2.04. The Morgan fingerprint density at radius 1 is 1.15 bits per heavy atom. The van der Waals surface area contributed by atoms with Crippen molar-refractivity contribution < 1.29 is 41.4 Å². The van der Waals surface area contributed by atoms with Crippen molar-refractivity contribution in [3.8, 4) is 0 Å². The van der Waals surface area contributed by atoms with Crippen molar-refractivity contribution in [1.82, 2.24) is 0 Å². The molecule has 0 aromatic heterocycles. The maximum Gasteiger partial charge on any atom is 1.00 e. The normalized spacial score (nSPS) is 10.7. The maximum absolute atomic E-state index is 10.6. The zero-order valence-electron chi connectivity index (χ0n) is 7.87. The van der Waals surface area contributed by atoms with Crippen molar-refractivity contribution in [3.05, 3.63) is 29.3 Å². The molecule has 0 aliphatic carbocycles. The van der Waals surface area contributed by atoms with E-state index in [4.69, 9.17) is 0 Å². The largest absolute Gasteiger partial charge is 1.00 e. The zero-order chi connectivity index (χ0) is 9.35. The van der Waals surface area contributed by atoms with Crippen molar-refractivity contribution in [1.29, 1.82) is 0 Å². The number of benzene rings is 1. The SMILES string of the molecule is Cc1ccc([Se](=O)(=O)[O-])cc1C.[Na+]. The molecule has 3 nitrogen and oxygen atoms in total. The van der Waals surface area contributed by atoms with Gasteiger partial charge in [0.15, 0.2) is 0 Å². The van der Waals surface area contributed by atoms with Gasteiger partial charge in [-0.1, -0.05) is 0 Å². The molecule has 1 aromatic rings. The van der Waals surface area contributed by atoms with Gasteiger partial charge in [0.1, 0.15) is 0 Å². The third-order valence-corrected chi connectivity index (χ3v) is 3.51. The third-order valence-electron chi connectivity index (χ3n) is 1.77. The molecule has 13 heavy (non-hydrogen) atoms. The molecule has 0 aliphatic heterocycles. The van der Waals surface area contributed by atoms with E-state index >= 15 is 0 Å². The maximum atomic E-state index is 10.6. The summed E-state index contributed by atoms with van der Waals surface area (Å²) in [5.41, 5.74) is 1.82. The van der Waals surface area contributed by atoms with Crippen molar-refractivity contribution in [2.24, 2.45) is 0 Å². The van der Waals surface area contributed by atoms with Gasteiger partial charge >= 0.3 is 102 Å². The summed E-state index contributed by atoms with van der Waals surface area (Å²) in [5.74, 6) is 0. The number of hydrogen-bond acceptors (Lipinski definition) is 3. The minimum Gasteiger partial charge on any atom is 1.00 e. The predicted molar refractivity (Wildman–Crippen MR) is 42.7 cm³/mol. The molecule has 1 aromatic carbocycles. The second-order valence-corrected chi connectivity index (χ2v) is 5.59. The molecule has 0 amide bonds. The Bertz CT molecular complexity index is 398. The van der Waals surface area contributed by atoms with E-state index in [1.54, 1.807) is 13.0 Å². The Morgan fingerprint density at radius 3 is 2.08 bits per heavy atom. The molecule has 1 rings (SSSR count). The standard InChI is InChI=1S/C8H10O3Se.Na/c1-6-3-4-8(5-7(6)2)12(9,10)11;/h3-5H,1-2H3,(H,9,10,11);/q;+1/p-1. The smallest absolute Gasteiger partial charge is 1.00 e. The van der Waals surface area contributed by atoms with Crippen LogP contribution in [0.25, 0.3) is 0 Å². The quantitative estimate of drug-likeness (QED) is 0.493. The van der Waals surface area contributed by atoms with Gasteiger partial charge < -0.3 is 0 Å². The van der Waals surface area contributed by atoms with Gasteiger partial charge in [0, 0.05) is 0 Å². The summed E-state index contributed by atoms with van der Waals surface area (Å²) in [6, 6.07) is 4.42. The van der Waals surface area contributed by atoms with Crippen LogP contribution in [-0.4, -0.2) is 13.0 Å². The average Bonchev–Trinajstić information content (AvgIpc) is 1.92. The van der Waals surface area contributed by atoms with Crippen LogP contribution in [0.3, 0.4) is 0 Å². The van der Waals surface area contributed by atoms with E-state index in [9.17, 15) is 11.9 Å². The summed E-state index contributed by atoms with van der Waals surface area (Å²) in [6.07, 6.45) is 0. The monoisotopic (exact) mass is 256 g/mol. The summed E-state index contributed by atoms with van der Waals surface area (Å²) < 4.78 is 31.8. The molecule has 0 saturated heterocycles. The van der Waals surface area contributed by atoms with Crippen molar-refractivity contribution in [3.63, 3.8) is 0 Å². The summed E-state index contributed by atoms with van der Waals surface area (Å²) in [7, 11) is 0. The van der Waals surface area contributed by atoms with E-state index in [-0.39, 0.29) is 34.0 Å². The molecule has 0 heterocycles. The van der Waals surface area contributed by atoms with Crippen molar-refractivity contribution >= 4 is 17.5 Å². The predicted octanol–water partition coefficient (Wildman–Crippen LogP) is -3.33. The van der Waals surface area contributed by atoms with E-state index in [2.05, 4.69) is 0 Å². The summed E-state index contributed by atoms with van der Waals surface area (Å²) in [6.45, 7) is 3.65. The van der Waals surface area contributed by atoms with Crippen molar-refractivity contribution in [2.45, 2.75) is 13.8 Å². The van der Waals surface area contributed by atoms with Gasteiger partial charge in [-0.05, 0) is 0 Å². The molecule has 66 valence electrons. The summed E-state index contributed by atoms with van der Waals surface area (Å²) in [4.78, 5) is 0. The molecule has 0 N–H and O–H groups in total. The Labute approximate surface area is 101 Å². The fourth-order valence-electron chi connectivity index (χ4n) is 0.869. The topological polar surface area (TPSA) is 57.2 Å². The van der Waals surface area contributed by atoms with Gasteiger partial charge in [-0.3, -0.25) is 0 Å². The molecule has 0 unspecified atom stereocenters. The Morgan fingerprint density at radius 2 is 1.69 bits per heavy atom. The molecule has 0 spiro atoms. The van der Waals surface area contributed by atoms with E-state index in [0.717, 1.165) is 11.1 Å². The van der Waals surface area contributed by atoms with Crippen LogP contribution in [0.5, 0.6) is 0 Å². The van der Waals surface area contributed by atoms with Gasteiger partial charge in [-0.25, -0.2) is 0 Å². The molecule has 0 atom stereocenters. The van der Waals surface area contributed by atoms with Crippen LogP contribution in [0, 0.1) is 13.8 Å². The molecule has 0 aliphatic rings. The van der Waals surface area contributed by atoms with Crippen LogP contribution >= 0.6 is 0 Å².